The van der Waals surface area contributed by atoms with E-state index in [0.29, 0.717) is 5.75 Å². The van der Waals surface area contributed by atoms with Crippen molar-refractivity contribution >= 4 is 23.3 Å². The van der Waals surface area contributed by atoms with Gasteiger partial charge in [-0.1, -0.05) is 0 Å². The number of aryl methyl sites for hydroxylation is 1. The molecule has 1 aromatic heterocycles. The maximum atomic E-state index is 11.2. The van der Waals surface area contributed by atoms with Crippen molar-refractivity contribution < 1.29 is 14.3 Å². The minimum atomic E-state index is -0.895. The third-order valence-corrected chi connectivity index (χ3v) is 3.36. The van der Waals surface area contributed by atoms with Gasteiger partial charge in [0.1, 0.15) is 10.8 Å². The number of thiazole rings is 1. The van der Waals surface area contributed by atoms with Crippen LogP contribution in [-0.2, 0) is 4.79 Å². The molecule has 1 aromatic carbocycles. The van der Waals surface area contributed by atoms with Crippen LogP contribution in [-0.4, -0.2) is 23.5 Å². The summed E-state index contributed by atoms with van der Waals surface area (Å²) < 4.78 is 5.23. The lowest BCUT2D eigenvalue weighted by Crippen LogP contribution is -2.38. The highest BCUT2D eigenvalue weighted by atomic mass is 32.1. The number of amides is 3. The lowest BCUT2D eigenvalue weighted by atomic mass is 10.2. The Morgan fingerprint density at radius 1 is 1.35 bits per heavy atom. The Balaban J connectivity index is 1.95. The molecule has 0 unspecified atom stereocenters. The number of imide groups is 1. The van der Waals surface area contributed by atoms with Gasteiger partial charge in [0, 0.05) is 16.6 Å². The first-order chi connectivity index (χ1) is 9.54. The monoisotopic (exact) mass is 291 g/mol. The molecule has 0 fully saturated rings. The number of benzene rings is 1. The lowest BCUT2D eigenvalue weighted by Gasteiger charge is -2.05. The van der Waals surface area contributed by atoms with E-state index in [1.54, 1.807) is 23.5 Å². The number of nitrogens with zero attached hydrogens (tertiary/aromatic N) is 1. The van der Waals surface area contributed by atoms with E-state index in [1.807, 2.05) is 29.8 Å². The van der Waals surface area contributed by atoms with Crippen molar-refractivity contribution in [3.63, 3.8) is 0 Å². The van der Waals surface area contributed by atoms with Gasteiger partial charge in [0.25, 0.3) is 5.91 Å². The number of urea groups is 1. The number of primary amides is 1. The largest absolute Gasteiger partial charge is 0.484 e. The summed E-state index contributed by atoms with van der Waals surface area (Å²) in [5.41, 5.74) is 6.78. The van der Waals surface area contributed by atoms with E-state index in [2.05, 4.69) is 4.98 Å². The van der Waals surface area contributed by atoms with Crippen molar-refractivity contribution in [2.75, 3.05) is 6.61 Å². The number of aromatic nitrogens is 1. The van der Waals surface area contributed by atoms with Crippen LogP contribution in [0.4, 0.5) is 4.79 Å². The van der Waals surface area contributed by atoms with E-state index in [9.17, 15) is 9.59 Å². The molecule has 7 heteroatoms. The molecule has 0 aliphatic carbocycles. The molecule has 2 rings (SSSR count). The van der Waals surface area contributed by atoms with E-state index in [-0.39, 0.29) is 6.61 Å². The quantitative estimate of drug-likeness (QED) is 0.896. The average molecular weight is 291 g/mol. The zero-order valence-electron chi connectivity index (χ0n) is 10.8. The molecule has 6 nitrogen and oxygen atoms in total. The van der Waals surface area contributed by atoms with Gasteiger partial charge in [-0.15, -0.1) is 11.3 Å². The highest BCUT2D eigenvalue weighted by Crippen LogP contribution is 2.25. The molecule has 0 aliphatic heterocycles. The summed E-state index contributed by atoms with van der Waals surface area (Å²) in [5.74, 6) is -0.0567. The third kappa shape index (κ3) is 3.79. The maximum absolute atomic E-state index is 11.2. The molecule has 0 saturated heterocycles. The first kappa shape index (κ1) is 14.0. The van der Waals surface area contributed by atoms with E-state index in [0.717, 1.165) is 16.3 Å². The zero-order chi connectivity index (χ0) is 14.5. The smallest absolute Gasteiger partial charge is 0.318 e. The van der Waals surface area contributed by atoms with Crippen LogP contribution in [0.5, 0.6) is 5.75 Å². The van der Waals surface area contributed by atoms with Gasteiger partial charge in [-0.25, -0.2) is 9.78 Å². The summed E-state index contributed by atoms with van der Waals surface area (Å²) in [6, 6.07) is 6.31. The molecule has 0 saturated carbocycles. The van der Waals surface area contributed by atoms with Crippen LogP contribution >= 0.6 is 11.3 Å². The van der Waals surface area contributed by atoms with Crippen LogP contribution in [0.15, 0.2) is 29.6 Å². The standard InChI is InChI=1S/C13H13N3O3S/c1-8-7-20-12(15-8)9-2-4-10(5-3-9)19-6-11(17)16-13(14)18/h2-5,7H,6H2,1H3,(H3,14,16,17,18). The zero-order valence-corrected chi connectivity index (χ0v) is 11.6. The Hall–Kier alpha value is -2.41. The first-order valence-electron chi connectivity index (χ1n) is 5.79. The number of nitrogens with one attached hydrogen (secondary N) is 1. The van der Waals surface area contributed by atoms with Crippen LogP contribution in [0.2, 0.25) is 0 Å². The van der Waals surface area contributed by atoms with Crippen molar-refractivity contribution in [1.29, 1.82) is 0 Å². The fraction of sp³-hybridized carbons (Fsp3) is 0.154. The predicted molar refractivity (Wildman–Crippen MR) is 75.5 cm³/mol. The minimum Gasteiger partial charge on any atom is -0.484 e. The molecule has 3 N–H and O–H groups in total. The Labute approximate surface area is 119 Å². The van der Waals surface area contributed by atoms with E-state index >= 15 is 0 Å². The molecule has 0 atom stereocenters. The number of carbonyl (C=O) groups excluding carboxylic acids is 2. The summed E-state index contributed by atoms with van der Waals surface area (Å²) in [7, 11) is 0. The molecule has 0 radical (unpaired) electrons. The van der Waals surface area contributed by atoms with Gasteiger partial charge in [0.15, 0.2) is 6.61 Å². The Morgan fingerprint density at radius 2 is 2.05 bits per heavy atom. The SMILES string of the molecule is Cc1csc(-c2ccc(OCC(=O)NC(N)=O)cc2)n1. The summed E-state index contributed by atoms with van der Waals surface area (Å²) in [4.78, 5) is 26.0. The summed E-state index contributed by atoms with van der Waals surface area (Å²) >= 11 is 1.57. The molecular formula is C13H13N3O3S. The second-order valence-electron chi connectivity index (χ2n) is 4.02. The molecule has 2 aromatic rings. The van der Waals surface area contributed by atoms with Crippen molar-refractivity contribution in [2.45, 2.75) is 6.92 Å². The number of carbonyl (C=O) groups is 2. The number of rotatable bonds is 4. The Kier molecular flexibility index (Phi) is 4.31. The fourth-order valence-corrected chi connectivity index (χ4v) is 2.31. The predicted octanol–water partition coefficient (Wildman–Crippen LogP) is 1.69. The van der Waals surface area contributed by atoms with E-state index < -0.39 is 11.9 Å². The van der Waals surface area contributed by atoms with Crippen LogP contribution in [0, 0.1) is 6.92 Å². The second kappa shape index (κ2) is 6.16. The molecular weight excluding hydrogens is 278 g/mol. The van der Waals surface area contributed by atoms with Crippen LogP contribution in [0.25, 0.3) is 10.6 Å². The normalized spacial score (nSPS) is 10.1. The van der Waals surface area contributed by atoms with E-state index in [1.165, 1.54) is 0 Å². The number of nitrogens with two attached hydrogens (primary N) is 1. The van der Waals surface area contributed by atoms with Crippen molar-refractivity contribution in [3.8, 4) is 16.3 Å². The summed E-state index contributed by atoms with van der Waals surface area (Å²) in [6.45, 7) is 1.67. The van der Waals surface area contributed by atoms with Gasteiger partial charge in [-0.05, 0) is 31.2 Å². The van der Waals surface area contributed by atoms with Gasteiger partial charge in [-0.2, -0.15) is 0 Å². The van der Waals surface area contributed by atoms with Gasteiger partial charge < -0.3 is 10.5 Å². The van der Waals surface area contributed by atoms with Crippen molar-refractivity contribution in [1.82, 2.24) is 10.3 Å². The van der Waals surface area contributed by atoms with Gasteiger partial charge >= 0.3 is 6.03 Å². The van der Waals surface area contributed by atoms with Gasteiger partial charge in [0.05, 0.1) is 0 Å². The molecule has 1 heterocycles. The van der Waals surface area contributed by atoms with Gasteiger partial charge in [-0.3, -0.25) is 10.1 Å². The fourth-order valence-electron chi connectivity index (χ4n) is 1.50. The maximum Gasteiger partial charge on any atom is 0.318 e. The second-order valence-corrected chi connectivity index (χ2v) is 4.88. The molecule has 3 amide bonds. The Morgan fingerprint density at radius 3 is 2.60 bits per heavy atom. The molecule has 0 aliphatic rings. The van der Waals surface area contributed by atoms with Crippen molar-refractivity contribution in [3.05, 3.63) is 35.3 Å². The topological polar surface area (TPSA) is 94.3 Å². The van der Waals surface area contributed by atoms with Crippen LogP contribution < -0.4 is 15.8 Å². The van der Waals surface area contributed by atoms with Crippen LogP contribution in [0.1, 0.15) is 5.69 Å². The minimum absolute atomic E-state index is 0.265. The third-order valence-electron chi connectivity index (χ3n) is 2.35. The number of ether oxygens (including phenoxy) is 1. The van der Waals surface area contributed by atoms with Gasteiger partial charge in [0.2, 0.25) is 0 Å². The lowest BCUT2D eigenvalue weighted by molar-refractivity contribution is -0.121. The van der Waals surface area contributed by atoms with Crippen molar-refractivity contribution in [2.24, 2.45) is 5.73 Å². The average Bonchev–Trinajstić information content (AvgIpc) is 2.83. The van der Waals surface area contributed by atoms with E-state index in [4.69, 9.17) is 10.5 Å². The molecule has 104 valence electrons. The summed E-state index contributed by atoms with van der Waals surface area (Å²) in [6.07, 6.45) is 0. The van der Waals surface area contributed by atoms with Crippen LogP contribution in [0.3, 0.4) is 0 Å². The number of hydrogen-bond donors (Lipinski definition) is 2. The summed E-state index contributed by atoms with van der Waals surface area (Å²) in [5, 5.41) is 4.83. The first-order valence-corrected chi connectivity index (χ1v) is 6.67. The molecule has 0 spiro atoms. The number of hydrogen-bond acceptors (Lipinski definition) is 5. The molecule has 0 bridgehead atoms. The molecule has 20 heavy (non-hydrogen) atoms. The highest BCUT2D eigenvalue weighted by Gasteiger charge is 2.06. The Bertz CT molecular complexity index is 622. The highest BCUT2D eigenvalue weighted by molar-refractivity contribution is 7.13.